The van der Waals surface area contributed by atoms with Gasteiger partial charge in [-0.1, -0.05) is 43.5 Å². The van der Waals surface area contributed by atoms with Gasteiger partial charge in [-0.2, -0.15) is 8.42 Å². The largest absolute Gasteiger partial charge is 0.489 e. The van der Waals surface area contributed by atoms with Crippen LogP contribution in [0.3, 0.4) is 0 Å². The summed E-state index contributed by atoms with van der Waals surface area (Å²) in [5.41, 5.74) is 1.75. The quantitative estimate of drug-likeness (QED) is 0.206. The minimum absolute atomic E-state index is 0.00671. The molecule has 1 N–H and O–H groups in total. The molecule has 1 aliphatic carbocycles. The van der Waals surface area contributed by atoms with E-state index < -0.39 is 22.1 Å². The van der Waals surface area contributed by atoms with Gasteiger partial charge in [0.05, 0.1) is 4.91 Å². The van der Waals surface area contributed by atoms with E-state index in [1.54, 1.807) is 19.1 Å². The Hall–Kier alpha value is -3.63. The third-order valence-corrected chi connectivity index (χ3v) is 6.34. The Bertz CT molecular complexity index is 1350. The Morgan fingerprint density at radius 2 is 1.33 bits per heavy atom. The molecule has 0 aliphatic heterocycles. The van der Waals surface area contributed by atoms with Gasteiger partial charge in [0.2, 0.25) is 0 Å². The van der Waals surface area contributed by atoms with Gasteiger partial charge >= 0.3 is 11.9 Å². The number of carbonyl (C=O) groups excluding carboxylic acids is 2. The number of hydrogen-bond acceptors (Lipinski definition) is 8. The lowest BCUT2D eigenvalue weighted by atomic mass is 9.90. The van der Waals surface area contributed by atoms with Crippen LogP contribution in [-0.2, 0) is 42.0 Å². The maximum Gasteiger partial charge on any atom is 0.333 e. The first kappa shape index (κ1) is 27.0. The highest BCUT2D eigenvalue weighted by Crippen LogP contribution is 2.44. The molecule has 192 valence electrons. The van der Waals surface area contributed by atoms with Crippen molar-refractivity contribution in [1.82, 2.24) is 0 Å². The van der Waals surface area contributed by atoms with Crippen LogP contribution in [0.5, 0.6) is 11.5 Å². The molecule has 1 aliphatic rings. The molecule has 10 heteroatoms. The number of benzene rings is 2. The minimum Gasteiger partial charge on any atom is -0.489 e. The van der Waals surface area contributed by atoms with Crippen molar-refractivity contribution < 1.29 is 41.5 Å². The lowest BCUT2D eigenvalue weighted by molar-refractivity contribution is -0.140. The second-order valence-electron chi connectivity index (χ2n) is 8.22. The summed E-state index contributed by atoms with van der Waals surface area (Å²) >= 11 is 0. The fourth-order valence-corrected chi connectivity index (χ4v) is 4.29. The fraction of sp³-hybridized carbons (Fsp3) is 0.308. The molecule has 0 amide bonds. The predicted molar refractivity (Wildman–Crippen MR) is 134 cm³/mol. The fourth-order valence-electron chi connectivity index (χ4n) is 3.67. The number of ether oxygens (including phenoxy) is 4. The number of carbonyl (C=O) groups is 2. The SMILES string of the molecule is C=C(C)C(=O)OCCOc1c2c(c(OCCOC(=O)C(=C)C)c3ccccc13)CC(S(=O)(=O)O)=CC2. The van der Waals surface area contributed by atoms with Crippen molar-refractivity contribution >= 4 is 32.8 Å². The number of allylic oxidation sites excluding steroid dienone is 2. The average Bonchev–Trinajstić information content (AvgIpc) is 2.83. The van der Waals surface area contributed by atoms with Crippen molar-refractivity contribution in [3.63, 3.8) is 0 Å². The Morgan fingerprint density at radius 3 is 1.78 bits per heavy atom. The van der Waals surface area contributed by atoms with Crippen LogP contribution in [0.2, 0.25) is 0 Å². The molecule has 0 spiro atoms. The zero-order chi connectivity index (χ0) is 26.5. The van der Waals surface area contributed by atoms with Crippen LogP contribution in [-0.4, -0.2) is 51.3 Å². The Kier molecular flexibility index (Phi) is 8.54. The molecule has 0 atom stereocenters. The summed E-state index contributed by atoms with van der Waals surface area (Å²) in [5.74, 6) is -0.165. The summed E-state index contributed by atoms with van der Waals surface area (Å²) < 4.78 is 55.6. The predicted octanol–water partition coefficient (Wildman–Crippen LogP) is 3.71. The molecule has 0 aromatic heterocycles. The Morgan fingerprint density at radius 1 is 0.861 bits per heavy atom. The molecule has 0 fully saturated rings. The first-order valence-corrected chi connectivity index (χ1v) is 12.6. The Balaban J connectivity index is 1.96. The van der Waals surface area contributed by atoms with Crippen LogP contribution < -0.4 is 9.47 Å². The highest BCUT2D eigenvalue weighted by atomic mass is 32.2. The van der Waals surface area contributed by atoms with Crippen LogP contribution in [0.15, 0.2) is 59.6 Å². The van der Waals surface area contributed by atoms with Gasteiger partial charge in [0, 0.05) is 39.5 Å². The summed E-state index contributed by atoms with van der Waals surface area (Å²) in [6.45, 7) is 10.2. The van der Waals surface area contributed by atoms with Crippen molar-refractivity contribution in [3.8, 4) is 11.5 Å². The van der Waals surface area contributed by atoms with E-state index in [1.807, 2.05) is 12.1 Å². The summed E-state index contributed by atoms with van der Waals surface area (Å²) in [6.07, 6.45) is 1.48. The number of esters is 2. The number of fused-ring (bicyclic) bond motifs is 2. The lowest BCUT2D eigenvalue weighted by Gasteiger charge is -2.25. The van der Waals surface area contributed by atoms with Crippen LogP contribution in [0.25, 0.3) is 10.8 Å². The molecule has 3 rings (SSSR count). The van der Waals surface area contributed by atoms with E-state index in [9.17, 15) is 22.6 Å². The van der Waals surface area contributed by atoms with Gasteiger partial charge in [-0.15, -0.1) is 0 Å². The zero-order valence-electron chi connectivity index (χ0n) is 20.2. The van der Waals surface area contributed by atoms with Crippen LogP contribution >= 0.6 is 0 Å². The number of hydrogen-bond donors (Lipinski definition) is 1. The van der Waals surface area contributed by atoms with Crippen LogP contribution in [0, 0.1) is 0 Å². The molecule has 36 heavy (non-hydrogen) atoms. The van der Waals surface area contributed by atoms with E-state index in [1.165, 1.54) is 13.0 Å². The molecule has 9 nitrogen and oxygen atoms in total. The second kappa shape index (κ2) is 11.4. The van der Waals surface area contributed by atoms with Gasteiger partial charge in [0.1, 0.15) is 37.9 Å². The highest BCUT2D eigenvalue weighted by molar-refractivity contribution is 7.89. The van der Waals surface area contributed by atoms with Gasteiger partial charge in [-0.3, -0.25) is 4.55 Å². The third kappa shape index (κ3) is 6.32. The van der Waals surface area contributed by atoms with E-state index >= 15 is 0 Å². The molecule has 0 saturated carbocycles. The van der Waals surface area contributed by atoms with E-state index in [0.717, 1.165) is 0 Å². The van der Waals surface area contributed by atoms with Crippen molar-refractivity contribution in [2.75, 3.05) is 26.4 Å². The first-order valence-electron chi connectivity index (χ1n) is 11.1. The molecular formula is C26H28O9S. The number of rotatable bonds is 11. The summed E-state index contributed by atoms with van der Waals surface area (Å²) in [4.78, 5) is 23.2. The van der Waals surface area contributed by atoms with Gasteiger partial charge in [-0.25, -0.2) is 9.59 Å². The molecule has 2 aromatic carbocycles. The maximum absolute atomic E-state index is 11.9. The lowest BCUT2D eigenvalue weighted by Crippen LogP contribution is -2.18. The molecule has 2 aromatic rings. The highest BCUT2D eigenvalue weighted by Gasteiger charge is 2.28. The van der Waals surface area contributed by atoms with E-state index in [-0.39, 0.29) is 55.3 Å². The minimum atomic E-state index is -4.42. The molecular weight excluding hydrogens is 488 g/mol. The summed E-state index contributed by atoms with van der Waals surface area (Å²) in [7, 11) is -4.42. The van der Waals surface area contributed by atoms with Crippen molar-refractivity contribution in [2.45, 2.75) is 26.7 Å². The Labute approximate surface area is 209 Å². The summed E-state index contributed by atoms with van der Waals surface area (Å²) in [5, 5.41) is 1.35. The van der Waals surface area contributed by atoms with Gasteiger partial charge in [0.15, 0.2) is 0 Å². The van der Waals surface area contributed by atoms with Crippen LogP contribution in [0.4, 0.5) is 0 Å². The van der Waals surface area contributed by atoms with Gasteiger partial charge in [-0.05, 0) is 20.3 Å². The van der Waals surface area contributed by atoms with E-state index in [2.05, 4.69) is 13.2 Å². The smallest absolute Gasteiger partial charge is 0.333 e. The zero-order valence-corrected chi connectivity index (χ0v) is 21.0. The van der Waals surface area contributed by atoms with E-state index in [0.29, 0.717) is 33.4 Å². The summed E-state index contributed by atoms with van der Waals surface area (Å²) in [6, 6.07) is 7.25. The normalized spacial score (nSPS) is 12.8. The monoisotopic (exact) mass is 516 g/mol. The molecule has 0 radical (unpaired) electrons. The molecule has 0 heterocycles. The first-order chi connectivity index (χ1) is 17.0. The van der Waals surface area contributed by atoms with Crippen molar-refractivity contribution in [3.05, 3.63) is 70.7 Å². The molecule has 0 unspecified atom stereocenters. The average molecular weight is 517 g/mol. The second-order valence-corrected chi connectivity index (χ2v) is 9.69. The molecule has 0 bridgehead atoms. The molecule has 0 saturated heterocycles. The van der Waals surface area contributed by atoms with Crippen LogP contribution in [0.1, 0.15) is 25.0 Å². The van der Waals surface area contributed by atoms with E-state index in [4.69, 9.17) is 18.9 Å². The van der Waals surface area contributed by atoms with Crippen molar-refractivity contribution in [2.24, 2.45) is 0 Å². The maximum atomic E-state index is 11.9. The standard InChI is InChI=1S/C26H28O9S/c1-16(2)25(27)34-13-11-32-23-19-7-5-6-8-20(19)24(33-12-14-35-26(28)17(3)4)22-15-18(36(29,30)31)9-10-21(22)23/h5-9H,1,3,10-15H2,2,4H3,(H,29,30,31). The topological polar surface area (TPSA) is 125 Å². The third-order valence-electron chi connectivity index (χ3n) is 5.37. The van der Waals surface area contributed by atoms with Gasteiger partial charge < -0.3 is 18.9 Å². The van der Waals surface area contributed by atoms with Crippen molar-refractivity contribution in [1.29, 1.82) is 0 Å². The van der Waals surface area contributed by atoms with Gasteiger partial charge in [0.25, 0.3) is 10.1 Å².